The normalized spacial score (nSPS) is 16.4. The van der Waals surface area contributed by atoms with Crippen molar-refractivity contribution in [3.63, 3.8) is 0 Å². The Morgan fingerprint density at radius 2 is 1.79 bits per heavy atom. The number of amides is 3. The number of hydrogen-bond acceptors (Lipinski definition) is 5. The molecular formula is C29H26Cl3F2N5O3S. The minimum atomic E-state index is -3.88. The highest BCUT2D eigenvalue weighted by atomic mass is 35.5. The molecule has 2 aliphatic heterocycles. The summed E-state index contributed by atoms with van der Waals surface area (Å²) in [5.41, 5.74) is 0.187. The Labute approximate surface area is 266 Å². The number of carbonyl (C=O) groups excluding carboxylic acids is 2. The van der Waals surface area contributed by atoms with Crippen LogP contribution in [0.1, 0.15) is 53.5 Å². The van der Waals surface area contributed by atoms with E-state index >= 15 is 0 Å². The molecule has 5 rings (SSSR count). The van der Waals surface area contributed by atoms with E-state index in [1.54, 1.807) is 41.1 Å². The monoisotopic (exact) mass is 667 g/mol. The van der Waals surface area contributed by atoms with Gasteiger partial charge in [-0.25, -0.2) is 4.79 Å². The van der Waals surface area contributed by atoms with Crippen LogP contribution in [0.15, 0.2) is 57.1 Å². The predicted molar refractivity (Wildman–Crippen MR) is 163 cm³/mol. The van der Waals surface area contributed by atoms with E-state index < -0.39 is 28.6 Å². The molecule has 226 valence electrons. The van der Waals surface area contributed by atoms with Crippen molar-refractivity contribution in [3.8, 4) is 6.07 Å². The highest BCUT2D eigenvalue weighted by Gasteiger charge is 2.37. The molecule has 1 aromatic heterocycles. The molecule has 0 aliphatic carbocycles. The van der Waals surface area contributed by atoms with Crippen molar-refractivity contribution >= 4 is 64.2 Å². The fraction of sp³-hybridized carbons (Fsp3) is 0.310. The first-order valence-corrected chi connectivity index (χ1v) is 15.0. The zero-order valence-electron chi connectivity index (χ0n) is 23.3. The third-order valence-corrected chi connectivity index (χ3v) is 9.28. The molecule has 1 unspecified atom stereocenters. The van der Waals surface area contributed by atoms with Crippen molar-refractivity contribution < 1.29 is 18.4 Å². The topological polar surface area (TPSA) is 101 Å². The molecule has 2 aromatic carbocycles. The van der Waals surface area contributed by atoms with Gasteiger partial charge in [-0.2, -0.15) is 14.0 Å². The summed E-state index contributed by atoms with van der Waals surface area (Å²) in [5, 5.41) is 3.89. The Kier molecular flexibility index (Phi) is 9.96. The van der Waals surface area contributed by atoms with Gasteiger partial charge < -0.3 is 14.8 Å². The quantitative estimate of drug-likeness (QED) is 0.282. The van der Waals surface area contributed by atoms with Crippen LogP contribution in [0.25, 0.3) is 0 Å². The van der Waals surface area contributed by atoms with Crippen molar-refractivity contribution in [2.24, 2.45) is 0 Å². The second-order valence-corrected chi connectivity index (χ2v) is 12.2. The predicted octanol–water partition coefficient (Wildman–Crippen LogP) is 7.63. The van der Waals surface area contributed by atoms with Gasteiger partial charge in [0.15, 0.2) is 0 Å². The number of fused-ring (bicyclic) bond motifs is 1. The number of carbonyl (C=O) groups is 2. The van der Waals surface area contributed by atoms with Crippen LogP contribution in [-0.2, 0) is 11.9 Å². The van der Waals surface area contributed by atoms with Crippen molar-refractivity contribution in [1.82, 2.24) is 14.8 Å². The maximum absolute atomic E-state index is 14.0. The molecule has 0 bridgehead atoms. The van der Waals surface area contributed by atoms with E-state index in [4.69, 9.17) is 40.1 Å². The average Bonchev–Trinajstić information content (AvgIpc) is 3.27. The first-order valence-electron chi connectivity index (χ1n) is 13.0. The van der Waals surface area contributed by atoms with Gasteiger partial charge in [0.05, 0.1) is 22.2 Å². The highest BCUT2D eigenvalue weighted by molar-refractivity contribution is 7.99. The first-order chi connectivity index (χ1) is 20.3. The van der Waals surface area contributed by atoms with E-state index in [0.717, 1.165) is 35.4 Å². The van der Waals surface area contributed by atoms with Gasteiger partial charge in [0.25, 0.3) is 11.5 Å². The smallest absolute Gasteiger partial charge is 0.327 e. The molecular weight excluding hydrogens is 643 g/mol. The number of H-pyrrole nitrogens is 1. The fourth-order valence-electron chi connectivity index (χ4n) is 4.93. The Balaban J connectivity index is 0.00000135. The number of alkyl halides is 3. The Hall–Kier alpha value is -3.30. The number of halogens is 5. The van der Waals surface area contributed by atoms with Gasteiger partial charge in [0.2, 0.25) is 0 Å². The number of hydrogen-bond donors (Lipinski definition) is 1. The van der Waals surface area contributed by atoms with Crippen molar-refractivity contribution in [2.45, 2.75) is 48.0 Å². The lowest BCUT2D eigenvalue weighted by atomic mass is 10.0. The molecule has 0 saturated carbocycles. The van der Waals surface area contributed by atoms with E-state index in [1.807, 2.05) is 25.1 Å². The molecule has 1 atom stereocenters. The lowest BCUT2D eigenvalue weighted by Gasteiger charge is -2.33. The van der Waals surface area contributed by atoms with Gasteiger partial charge in [-0.3, -0.25) is 14.5 Å². The molecule has 14 heteroatoms. The minimum absolute atomic E-state index is 0.0649. The van der Waals surface area contributed by atoms with Gasteiger partial charge in [-0.05, 0) is 66.4 Å². The number of nitriles is 1. The van der Waals surface area contributed by atoms with Gasteiger partial charge in [-0.1, -0.05) is 47.1 Å². The molecule has 8 nitrogen and oxygen atoms in total. The number of anilines is 1. The first kappa shape index (κ1) is 32.6. The van der Waals surface area contributed by atoms with Crippen molar-refractivity contribution in [2.75, 3.05) is 25.0 Å². The number of nitrogens with zero attached hydrogens (tertiary/aromatic N) is 4. The molecule has 1 saturated heterocycles. The van der Waals surface area contributed by atoms with Gasteiger partial charge in [-0.15, -0.1) is 0 Å². The third kappa shape index (κ3) is 6.78. The van der Waals surface area contributed by atoms with Crippen LogP contribution >= 0.6 is 46.6 Å². The summed E-state index contributed by atoms with van der Waals surface area (Å²) in [4.78, 5) is 46.9. The molecule has 2 aliphatic rings. The van der Waals surface area contributed by atoms with Gasteiger partial charge >= 0.3 is 11.4 Å². The van der Waals surface area contributed by atoms with Crippen LogP contribution in [-0.4, -0.2) is 46.9 Å². The van der Waals surface area contributed by atoms with Crippen LogP contribution in [0.4, 0.5) is 19.3 Å². The van der Waals surface area contributed by atoms with Crippen molar-refractivity contribution in [3.05, 3.63) is 85.2 Å². The summed E-state index contributed by atoms with van der Waals surface area (Å²) in [6.45, 7) is 4.69. The third-order valence-electron chi connectivity index (χ3n) is 7.04. The zero-order chi connectivity index (χ0) is 31.6. The average molecular weight is 669 g/mol. The summed E-state index contributed by atoms with van der Waals surface area (Å²) >= 11 is 18.6. The summed E-state index contributed by atoms with van der Waals surface area (Å²) in [7, 11) is 1.75. The molecule has 3 amide bonds. The standard InChI is InChI=1S/C27H23Cl3F2N4O3S.C2H3N/c1-14-17-11-16(35-10-4-9-34(2)26(35)39)8-7-15(17)13-36(14)25(38)22-20(12-21(27(30,31)32)33-24(22)37)40-23-18(28)5-3-6-19(23)29;1-2-3/h3,5-8,11-12,14H,4,9-10,13H2,1-2H3,(H,33,37);1H3. The maximum atomic E-state index is 14.0. The van der Waals surface area contributed by atoms with Gasteiger partial charge in [0.1, 0.15) is 11.3 Å². The van der Waals surface area contributed by atoms with E-state index in [0.29, 0.717) is 23.7 Å². The van der Waals surface area contributed by atoms with Crippen LogP contribution in [0, 0.1) is 11.3 Å². The Morgan fingerprint density at radius 1 is 1.14 bits per heavy atom. The number of aromatic amines is 1. The SMILES string of the molecule is CC#N.CC1c2cc(N3CCCN(C)C3=O)ccc2CN1C(=O)c1c(Sc2c(Cl)cccc2Cl)cc(C(F)(F)Cl)[nH]c1=O. The fourth-order valence-corrected chi connectivity index (χ4v) is 6.67. The molecule has 3 aromatic rings. The Morgan fingerprint density at radius 3 is 2.42 bits per heavy atom. The summed E-state index contributed by atoms with van der Waals surface area (Å²) < 4.78 is 28.1. The van der Waals surface area contributed by atoms with E-state index in [9.17, 15) is 23.2 Å². The summed E-state index contributed by atoms with van der Waals surface area (Å²) in [5.74, 6) is -0.657. The molecule has 0 radical (unpaired) electrons. The molecule has 1 N–H and O–H groups in total. The number of benzene rings is 2. The number of nitrogens with one attached hydrogen (secondary N) is 1. The number of rotatable bonds is 5. The summed E-state index contributed by atoms with van der Waals surface area (Å²) in [6.07, 6.45) is 0.829. The lowest BCUT2D eigenvalue weighted by Crippen LogP contribution is -2.47. The van der Waals surface area contributed by atoms with Crippen LogP contribution < -0.4 is 10.5 Å². The maximum Gasteiger partial charge on any atom is 0.362 e. The van der Waals surface area contributed by atoms with Crippen molar-refractivity contribution in [1.29, 1.82) is 5.26 Å². The number of urea groups is 1. The van der Waals surface area contributed by atoms with Crippen LogP contribution in [0.2, 0.25) is 10.0 Å². The Bertz CT molecular complexity index is 1650. The van der Waals surface area contributed by atoms with E-state index in [2.05, 4.69) is 4.98 Å². The molecule has 0 spiro atoms. The second-order valence-electron chi connectivity index (χ2n) is 9.83. The molecule has 3 heterocycles. The molecule has 1 fully saturated rings. The highest BCUT2D eigenvalue weighted by Crippen LogP contribution is 2.43. The number of aromatic nitrogens is 1. The van der Waals surface area contributed by atoms with Crippen LogP contribution in [0.3, 0.4) is 0 Å². The number of pyridine rings is 1. The van der Waals surface area contributed by atoms with E-state index in [-0.39, 0.29) is 33.1 Å². The zero-order valence-corrected chi connectivity index (χ0v) is 26.3. The van der Waals surface area contributed by atoms with Gasteiger partial charge in [0, 0.05) is 49.1 Å². The van der Waals surface area contributed by atoms with E-state index in [1.165, 1.54) is 11.8 Å². The second kappa shape index (κ2) is 13.1. The summed E-state index contributed by atoms with van der Waals surface area (Å²) in [6, 6.07) is 12.5. The lowest BCUT2D eigenvalue weighted by molar-refractivity contribution is 0.0695. The minimum Gasteiger partial charge on any atom is -0.327 e. The van der Waals surface area contributed by atoms with Crippen LogP contribution in [0.5, 0.6) is 0 Å². The molecule has 43 heavy (non-hydrogen) atoms. The largest absolute Gasteiger partial charge is 0.362 e.